The van der Waals surface area contributed by atoms with Gasteiger partial charge in [0.25, 0.3) is 0 Å². The molecule has 1 aromatic rings. The molecule has 18 heavy (non-hydrogen) atoms. The van der Waals surface area contributed by atoms with Gasteiger partial charge in [-0.3, -0.25) is 4.79 Å². The third-order valence-corrected chi connectivity index (χ3v) is 3.37. The molecule has 1 unspecified atom stereocenters. The number of nitrogens with one attached hydrogen (secondary N) is 1. The Morgan fingerprint density at radius 3 is 2.72 bits per heavy atom. The van der Waals surface area contributed by atoms with Crippen LogP contribution < -0.4 is 11.1 Å². The fraction of sp³-hybridized carbons (Fsp3) is 0.643. The van der Waals surface area contributed by atoms with Gasteiger partial charge in [-0.1, -0.05) is 26.7 Å². The zero-order valence-electron chi connectivity index (χ0n) is 11.3. The SMILES string of the molecule is CCC(CC)C(N)CNC(=O)CCc1ccco1. The van der Waals surface area contributed by atoms with E-state index in [9.17, 15) is 4.79 Å². The van der Waals surface area contributed by atoms with Crippen LogP contribution >= 0.6 is 0 Å². The number of amides is 1. The van der Waals surface area contributed by atoms with Crippen molar-refractivity contribution >= 4 is 5.91 Å². The van der Waals surface area contributed by atoms with Gasteiger partial charge in [-0.15, -0.1) is 0 Å². The van der Waals surface area contributed by atoms with Crippen LogP contribution in [0, 0.1) is 5.92 Å². The minimum absolute atomic E-state index is 0.0350. The minimum atomic E-state index is 0.0350. The van der Waals surface area contributed by atoms with Crippen molar-refractivity contribution in [2.24, 2.45) is 11.7 Å². The third-order valence-electron chi connectivity index (χ3n) is 3.37. The molecule has 4 heteroatoms. The highest BCUT2D eigenvalue weighted by atomic mass is 16.3. The molecule has 0 aromatic carbocycles. The first-order chi connectivity index (χ1) is 8.67. The Balaban J connectivity index is 2.20. The molecule has 0 saturated heterocycles. The van der Waals surface area contributed by atoms with E-state index < -0.39 is 0 Å². The average molecular weight is 252 g/mol. The Morgan fingerprint density at radius 1 is 1.44 bits per heavy atom. The van der Waals surface area contributed by atoms with Gasteiger partial charge >= 0.3 is 0 Å². The quantitative estimate of drug-likeness (QED) is 0.744. The maximum absolute atomic E-state index is 11.6. The summed E-state index contributed by atoms with van der Waals surface area (Å²) in [5, 5.41) is 2.89. The number of aryl methyl sites for hydroxylation is 1. The Kier molecular flexibility index (Phi) is 6.50. The fourth-order valence-electron chi connectivity index (χ4n) is 2.07. The molecular weight excluding hydrogens is 228 g/mol. The summed E-state index contributed by atoms with van der Waals surface area (Å²) in [5.74, 6) is 1.36. The van der Waals surface area contributed by atoms with Crippen LogP contribution in [0.4, 0.5) is 0 Å². The Labute approximate surface area is 109 Å². The topological polar surface area (TPSA) is 68.3 Å². The lowest BCUT2D eigenvalue weighted by molar-refractivity contribution is -0.121. The van der Waals surface area contributed by atoms with E-state index in [0.29, 0.717) is 25.3 Å². The summed E-state index contributed by atoms with van der Waals surface area (Å²) in [7, 11) is 0. The van der Waals surface area contributed by atoms with Gasteiger partial charge < -0.3 is 15.5 Å². The Morgan fingerprint density at radius 2 is 2.17 bits per heavy atom. The van der Waals surface area contributed by atoms with Crippen molar-refractivity contribution in [3.05, 3.63) is 24.2 Å². The van der Waals surface area contributed by atoms with Gasteiger partial charge in [-0.25, -0.2) is 0 Å². The Bertz CT molecular complexity index is 332. The molecule has 0 radical (unpaired) electrons. The molecule has 0 saturated carbocycles. The summed E-state index contributed by atoms with van der Waals surface area (Å²) in [6.45, 7) is 4.82. The molecular formula is C14H24N2O2. The van der Waals surface area contributed by atoms with E-state index >= 15 is 0 Å². The smallest absolute Gasteiger partial charge is 0.220 e. The highest BCUT2D eigenvalue weighted by molar-refractivity contribution is 5.76. The largest absolute Gasteiger partial charge is 0.469 e. The van der Waals surface area contributed by atoms with E-state index in [4.69, 9.17) is 10.2 Å². The van der Waals surface area contributed by atoms with Crippen molar-refractivity contribution in [2.45, 2.75) is 45.6 Å². The maximum atomic E-state index is 11.6. The first kappa shape index (κ1) is 14.8. The molecule has 102 valence electrons. The fourth-order valence-corrected chi connectivity index (χ4v) is 2.07. The standard InChI is InChI=1S/C14H24N2O2/c1-3-11(4-2)13(15)10-16-14(17)8-7-12-6-5-9-18-12/h5-6,9,11,13H,3-4,7-8,10,15H2,1-2H3,(H,16,17). The Hall–Kier alpha value is -1.29. The van der Waals surface area contributed by atoms with Crippen LogP contribution in [0.15, 0.2) is 22.8 Å². The number of nitrogens with two attached hydrogens (primary N) is 1. The van der Waals surface area contributed by atoms with Crippen LogP contribution in [-0.2, 0) is 11.2 Å². The van der Waals surface area contributed by atoms with Gasteiger partial charge in [-0.05, 0) is 18.1 Å². The van der Waals surface area contributed by atoms with E-state index in [1.807, 2.05) is 12.1 Å². The lowest BCUT2D eigenvalue weighted by Gasteiger charge is -2.21. The number of carbonyl (C=O) groups is 1. The van der Waals surface area contributed by atoms with Crippen LogP contribution in [0.5, 0.6) is 0 Å². The van der Waals surface area contributed by atoms with Crippen molar-refractivity contribution in [2.75, 3.05) is 6.54 Å². The van der Waals surface area contributed by atoms with Gasteiger partial charge in [0.15, 0.2) is 0 Å². The molecule has 4 nitrogen and oxygen atoms in total. The van der Waals surface area contributed by atoms with E-state index in [1.165, 1.54) is 0 Å². The van der Waals surface area contributed by atoms with Crippen molar-refractivity contribution in [1.82, 2.24) is 5.32 Å². The zero-order chi connectivity index (χ0) is 13.4. The van der Waals surface area contributed by atoms with Gasteiger partial charge in [-0.2, -0.15) is 0 Å². The van der Waals surface area contributed by atoms with E-state index in [-0.39, 0.29) is 11.9 Å². The number of hydrogen-bond acceptors (Lipinski definition) is 3. The first-order valence-electron chi connectivity index (χ1n) is 6.72. The van der Waals surface area contributed by atoms with E-state index in [2.05, 4.69) is 19.2 Å². The third kappa shape index (κ3) is 4.92. The summed E-state index contributed by atoms with van der Waals surface area (Å²) in [4.78, 5) is 11.6. The average Bonchev–Trinajstić information content (AvgIpc) is 2.88. The van der Waals surface area contributed by atoms with Crippen LogP contribution in [0.25, 0.3) is 0 Å². The van der Waals surface area contributed by atoms with Gasteiger partial charge in [0.1, 0.15) is 5.76 Å². The van der Waals surface area contributed by atoms with Crippen molar-refractivity contribution < 1.29 is 9.21 Å². The maximum Gasteiger partial charge on any atom is 0.220 e. The molecule has 0 aliphatic heterocycles. The van der Waals surface area contributed by atoms with Gasteiger partial charge in [0.05, 0.1) is 6.26 Å². The second-order valence-corrected chi connectivity index (χ2v) is 4.62. The minimum Gasteiger partial charge on any atom is -0.469 e. The summed E-state index contributed by atoms with van der Waals surface area (Å²) in [6.07, 6.45) is 4.82. The summed E-state index contributed by atoms with van der Waals surface area (Å²) in [5.41, 5.74) is 6.04. The van der Waals surface area contributed by atoms with Crippen molar-refractivity contribution in [1.29, 1.82) is 0 Å². The zero-order valence-corrected chi connectivity index (χ0v) is 11.3. The summed E-state index contributed by atoms with van der Waals surface area (Å²) >= 11 is 0. The van der Waals surface area contributed by atoms with Gasteiger partial charge in [0.2, 0.25) is 5.91 Å². The lowest BCUT2D eigenvalue weighted by Crippen LogP contribution is -2.41. The molecule has 1 rings (SSSR count). The molecule has 1 heterocycles. The van der Waals surface area contributed by atoms with Gasteiger partial charge in [0, 0.05) is 25.4 Å². The molecule has 0 spiro atoms. The van der Waals surface area contributed by atoms with Crippen molar-refractivity contribution in [3.8, 4) is 0 Å². The summed E-state index contributed by atoms with van der Waals surface area (Å²) in [6, 6.07) is 3.76. The van der Waals surface area contributed by atoms with Crippen LogP contribution in [-0.4, -0.2) is 18.5 Å². The molecule has 0 bridgehead atoms. The van der Waals surface area contributed by atoms with E-state index in [1.54, 1.807) is 6.26 Å². The molecule has 0 aliphatic carbocycles. The number of rotatable bonds is 8. The monoisotopic (exact) mass is 252 g/mol. The second kappa shape index (κ2) is 7.93. The molecule has 1 aromatic heterocycles. The number of carbonyl (C=O) groups excluding carboxylic acids is 1. The molecule has 1 atom stereocenters. The van der Waals surface area contributed by atoms with Crippen molar-refractivity contribution in [3.63, 3.8) is 0 Å². The highest BCUT2D eigenvalue weighted by Gasteiger charge is 2.14. The van der Waals surface area contributed by atoms with Crippen LogP contribution in [0.1, 0.15) is 38.9 Å². The van der Waals surface area contributed by atoms with Crippen LogP contribution in [0.3, 0.4) is 0 Å². The predicted molar refractivity (Wildman–Crippen MR) is 72.1 cm³/mol. The van der Waals surface area contributed by atoms with Crippen LogP contribution in [0.2, 0.25) is 0 Å². The molecule has 1 amide bonds. The highest BCUT2D eigenvalue weighted by Crippen LogP contribution is 2.10. The number of furan rings is 1. The number of hydrogen-bond donors (Lipinski definition) is 2. The molecule has 0 aliphatic rings. The second-order valence-electron chi connectivity index (χ2n) is 4.62. The lowest BCUT2D eigenvalue weighted by atomic mass is 9.95. The normalized spacial score (nSPS) is 12.7. The molecule has 0 fully saturated rings. The first-order valence-corrected chi connectivity index (χ1v) is 6.72. The molecule has 3 N–H and O–H groups in total. The van der Waals surface area contributed by atoms with E-state index in [0.717, 1.165) is 18.6 Å². The summed E-state index contributed by atoms with van der Waals surface area (Å²) < 4.78 is 5.18. The predicted octanol–water partition coefficient (Wildman–Crippen LogP) is 2.09.